The van der Waals surface area contributed by atoms with E-state index in [0.717, 1.165) is 0 Å². The Morgan fingerprint density at radius 3 is 2.67 bits per heavy atom. The van der Waals surface area contributed by atoms with Gasteiger partial charge in [0.25, 0.3) is 0 Å². The molecule has 0 aliphatic heterocycles. The predicted octanol–water partition coefficient (Wildman–Crippen LogP) is 1.42. The Balaban J connectivity index is 2.22. The van der Waals surface area contributed by atoms with E-state index >= 15 is 0 Å². The monoisotopic (exact) mass is 247 g/mol. The van der Waals surface area contributed by atoms with Crippen LogP contribution >= 0.6 is 11.6 Å². The minimum atomic E-state index is -3.37. The van der Waals surface area contributed by atoms with Crippen LogP contribution in [-0.2, 0) is 10.0 Å². The SMILES string of the molecule is CC1(S(=O)(=O)Nc2cncc(Cl)n2)CC1. The van der Waals surface area contributed by atoms with Crippen molar-refractivity contribution in [3.05, 3.63) is 17.5 Å². The fraction of sp³-hybridized carbons (Fsp3) is 0.500. The van der Waals surface area contributed by atoms with E-state index in [0.29, 0.717) is 12.8 Å². The van der Waals surface area contributed by atoms with Gasteiger partial charge in [0.2, 0.25) is 10.0 Å². The molecule has 1 aliphatic rings. The van der Waals surface area contributed by atoms with Crippen LogP contribution in [0, 0.1) is 0 Å². The summed E-state index contributed by atoms with van der Waals surface area (Å²) < 4.78 is 25.3. The van der Waals surface area contributed by atoms with E-state index in [1.807, 2.05) is 0 Å². The molecule has 0 spiro atoms. The van der Waals surface area contributed by atoms with Gasteiger partial charge in [-0.1, -0.05) is 11.6 Å². The number of hydrogen-bond acceptors (Lipinski definition) is 4. The number of halogens is 1. The summed E-state index contributed by atoms with van der Waals surface area (Å²) in [5, 5.41) is 0.163. The van der Waals surface area contributed by atoms with Gasteiger partial charge in [0.05, 0.1) is 17.1 Å². The van der Waals surface area contributed by atoms with Gasteiger partial charge in [-0.3, -0.25) is 9.71 Å². The Labute approximate surface area is 92.9 Å². The minimum Gasteiger partial charge on any atom is -0.266 e. The molecule has 1 aliphatic carbocycles. The Morgan fingerprint density at radius 1 is 1.47 bits per heavy atom. The first kappa shape index (κ1) is 10.6. The fourth-order valence-corrected chi connectivity index (χ4v) is 2.50. The molecule has 7 heteroatoms. The van der Waals surface area contributed by atoms with Crippen molar-refractivity contribution < 1.29 is 8.42 Å². The lowest BCUT2D eigenvalue weighted by atomic mass is 10.5. The van der Waals surface area contributed by atoms with Crippen molar-refractivity contribution in [2.75, 3.05) is 4.72 Å². The Morgan fingerprint density at radius 2 is 2.13 bits per heavy atom. The Bertz CT molecular complexity index is 484. The maximum atomic E-state index is 11.8. The van der Waals surface area contributed by atoms with Crippen molar-refractivity contribution in [3.63, 3.8) is 0 Å². The third-order valence-electron chi connectivity index (χ3n) is 2.45. The molecule has 1 aromatic heterocycles. The average molecular weight is 248 g/mol. The van der Waals surface area contributed by atoms with E-state index in [-0.39, 0.29) is 11.0 Å². The number of rotatable bonds is 3. The number of hydrogen-bond donors (Lipinski definition) is 1. The van der Waals surface area contributed by atoms with Gasteiger partial charge in [-0.15, -0.1) is 0 Å². The zero-order valence-electron chi connectivity index (χ0n) is 8.07. The van der Waals surface area contributed by atoms with Gasteiger partial charge >= 0.3 is 0 Å². The highest BCUT2D eigenvalue weighted by Crippen LogP contribution is 2.43. The molecule has 1 heterocycles. The van der Waals surface area contributed by atoms with Crippen molar-refractivity contribution in [3.8, 4) is 0 Å². The first-order valence-electron chi connectivity index (χ1n) is 4.43. The summed E-state index contributed by atoms with van der Waals surface area (Å²) in [6.07, 6.45) is 4.03. The molecule has 0 aromatic carbocycles. The Kier molecular flexibility index (Phi) is 2.35. The lowest BCUT2D eigenvalue weighted by Crippen LogP contribution is -2.27. The van der Waals surface area contributed by atoms with Gasteiger partial charge in [0, 0.05) is 0 Å². The van der Waals surface area contributed by atoms with Gasteiger partial charge in [-0.05, 0) is 19.8 Å². The van der Waals surface area contributed by atoms with E-state index in [1.165, 1.54) is 12.4 Å². The maximum absolute atomic E-state index is 11.8. The molecular formula is C8H10ClN3O2S. The summed E-state index contributed by atoms with van der Waals surface area (Å²) in [6, 6.07) is 0. The molecule has 1 fully saturated rings. The summed E-state index contributed by atoms with van der Waals surface area (Å²) in [7, 11) is -3.37. The molecule has 82 valence electrons. The Hall–Kier alpha value is -0.880. The molecule has 0 bridgehead atoms. The minimum absolute atomic E-state index is 0.163. The molecule has 0 saturated heterocycles. The molecule has 0 unspecified atom stereocenters. The topological polar surface area (TPSA) is 72.0 Å². The number of nitrogens with one attached hydrogen (secondary N) is 1. The summed E-state index contributed by atoms with van der Waals surface area (Å²) >= 11 is 5.60. The largest absolute Gasteiger partial charge is 0.266 e. The number of sulfonamides is 1. The first-order chi connectivity index (χ1) is 6.93. The van der Waals surface area contributed by atoms with Crippen molar-refractivity contribution in [2.45, 2.75) is 24.5 Å². The highest BCUT2D eigenvalue weighted by Gasteiger charge is 2.50. The molecule has 1 N–H and O–H groups in total. The summed E-state index contributed by atoms with van der Waals surface area (Å²) in [6.45, 7) is 1.70. The average Bonchev–Trinajstić information content (AvgIpc) is 2.84. The zero-order valence-corrected chi connectivity index (χ0v) is 9.64. The van der Waals surface area contributed by atoms with Gasteiger partial charge in [0.15, 0.2) is 5.82 Å². The van der Waals surface area contributed by atoms with Crippen LogP contribution in [0.25, 0.3) is 0 Å². The first-order valence-corrected chi connectivity index (χ1v) is 6.29. The molecular weight excluding hydrogens is 238 g/mol. The number of aromatic nitrogens is 2. The van der Waals surface area contributed by atoms with Gasteiger partial charge in [-0.2, -0.15) is 0 Å². The van der Waals surface area contributed by atoms with E-state index in [2.05, 4.69) is 14.7 Å². The van der Waals surface area contributed by atoms with Crippen LogP contribution in [0.5, 0.6) is 0 Å². The molecule has 0 amide bonds. The fourth-order valence-electron chi connectivity index (χ4n) is 1.10. The second-order valence-corrected chi connectivity index (χ2v) is 6.37. The standard InChI is InChI=1S/C8H10ClN3O2S/c1-8(2-3-8)15(13,14)12-7-5-10-4-6(9)11-7/h4-5H,2-3H2,1H3,(H,11,12). The molecule has 15 heavy (non-hydrogen) atoms. The molecule has 1 aromatic rings. The smallest absolute Gasteiger partial charge is 0.239 e. The molecule has 5 nitrogen and oxygen atoms in total. The zero-order chi connectivity index (χ0) is 11.1. The van der Waals surface area contributed by atoms with Crippen LogP contribution < -0.4 is 4.72 Å². The van der Waals surface area contributed by atoms with E-state index in [4.69, 9.17) is 11.6 Å². The second kappa shape index (κ2) is 3.31. The molecule has 0 atom stereocenters. The molecule has 2 rings (SSSR count). The van der Waals surface area contributed by atoms with Crippen molar-refractivity contribution in [1.82, 2.24) is 9.97 Å². The van der Waals surface area contributed by atoms with Gasteiger partial charge < -0.3 is 0 Å². The van der Waals surface area contributed by atoms with Crippen LogP contribution in [0.2, 0.25) is 5.15 Å². The highest BCUT2D eigenvalue weighted by molar-refractivity contribution is 7.94. The van der Waals surface area contributed by atoms with Crippen LogP contribution in [0.15, 0.2) is 12.4 Å². The van der Waals surface area contributed by atoms with Gasteiger partial charge in [0.1, 0.15) is 5.15 Å². The highest BCUT2D eigenvalue weighted by atomic mass is 35.5. The van der Waals surface area contributed by atoms with E-state index in [9.17, 15) is 8.42 Å². The van der Waals surface area contributed by atoms with E-state index in [1.54, 1.807) is 6.92 Å². The van der Waals surface area contributed by atoms with E-state index < -0.39 is 14.8 Å². The normalized spacial score (nSPS) is 18.5. The van der Waals surface area contributed by atoms with Crippen molar-refractivity contribution in [2.24, 2.45) is 0 Å². The summed E-state index contributed by atoms with van der Waals surface area (Å²) in [5.74, 6) is 0.163. The molecule has 1 saturated carbocycles. The van der Waals surface area contributed by atoms with Crippen LogP contribution in [-0.4, -0.2) is 23.1 Å². The number of nitrogens with zero attached hydrogens (tertiary/aromatic N) is 2. The van der Waals surface area contributed by atoms with Crippen LogP contribution in [0.4, 0.5) is 5.82 Å². The van der Waals surface area contributed by atoms with Crippen LogP contribution in [0.1, 0.15) is 19.8 Å². The van der Waals surface area contributed by atoms with Gasteiger partial charge in [-0.25, -0.2) is 13.4 Å². The third kappa shape index (κ3) is 2.05. The predicted molar refractivity (Wildman–Crippen MR) is 57.2 cm³/mol. The quantitative estimate of drug-likeness (QED) is 0.877. The lowest BCUT2D eigenvalue weighted by molar-refractivity contribution is 0.587. The summed E-state index contributed by atoms with van der Waals surface area (Å²) in [4.78, 5) is 7.56. The summed E-state index contributed by atoms with van der Waals surface area (Å²) in [5.41, 5.74) is 0. The maximum Gasteiger partial charge on any atom is 0.239 e. The second-order valence-electron chi connectivity index (χ2n) is 3.78. The van der Waals surface area contributed by atoms with Crippen molar-refractivity contribution >= 4 is 27.4 Å². The van der Waals surface area contributed by atoms with Crippen LogP contribution in [0.3, 0.4) is 0 Å². The number of anilines is 1. The molecule has 0 radical (unpaired) electrons. The lowest BCUT2D eigenvalue weighted by Gasteiger charge is -2.11. The van der Waals surface area contributed by atoms with Crippen molar-refractivity contribution in [1.29, 1.82) is 0 Å². The third-order valence-corrected chi connectivity index (χ3v) is 4.81.